The van der Waals surface area contributed by atoms with Gasteiger partial charge in [0.05, 0.1) is 78.7 Å². The standard InChI is InChI=1S/C28H28ClF3N2O5.C27H26ClF3N2O4.C27H29ClN2O4.C26H23ClF4N2O4/c1-16-10-17-6-7-34(24(17)15-23(16)28(30,31)32)27(36)26(22-5-4-18(29)11-25(22)38-3)33-19-12-20(37-2)14-21(13-19)39-9-8-35;1-16-11-18(27(29,30)31)12-24-23(16)7-8-33(24)26(35)25(17-3-5-19(28)6-4-17)32-20-13-21(36-2)15-22(14-20)37-10-9-34;1-17-12-20-8-9-30(25(20)13-18(17)2)27(32)26(19-4-6-21(28)7-5-19)29-22-14-23(33-3)16-24(15-22)34-11-10-31;1-36-19-11-18(12-20(13-19)37-9-8-34)32-24(15-2-4-17(27)5-3-15)25(35)33-7-6-16-10-22(28)21(14-23(16)33)26(29,30)31/h4-5,10-15,26,33,35H,6-9H2,1-3H3;3-6,11-15,25,32,34H,7-10H2,1-2H3;4-7,12-16,26,29,31H,8-11H2,1-3H3;2-5,10-14,24,32,34H,6-9H2,1H3. The number of nitrogens with zero attached hydrogens (tertiary/aromatic N) is 4. The average molecular weight is 2120 g/mol. The molecule has 4 aliphatic heterocycles. The second kappa shape index (κ2) is 49.2. The van der Waals surface area contributed by atoms with Crippen molar-refractivity contribution in [2.24, 2.45) is 0 Å². The zero-order valence-corrected chi connectivity index (χ0v) is 84.0. The maximum absolute atomic E-state index is 14.1. The molecule has 4 amide bonds. The van der Waals surface area contributed by atoms with Crippen LogP contribution in [0.3, 0.4) is 0 Å². The van der Waals surface area contributed by atoms with Gasteiger partial charge in [-0.1, -0.05) is 101 Å². The number of carbonyl (C=O) groups excluding carboxylic acids is 4. The average Bonchev–Trinajstić information content (AvgIpc) is 1.65. The van der Waals surface area contributed by atoms with Crippen molar-refractivity contribution < 1.29 is 126 Å². The summed E-state index contributed by atoms with van der Waals surface area (Å²) >= 11 is 24.4. The number of aliphatic hydroxyl groups excluding tert-OH is 4. The maximum Gasteiger partial charge on any atom is 0.419 e. The van der Waals surface area contributed by atoms with E-state index in [-0.39, 0.29) is 107 Å². The van der Waals surface area contributed by atoms with Gasteiger partial charge in [0, 0.05) is 170 Å². The number of aryl methyl sites for hydroxylation is 4. The van der Waals surface area contributed by atoms with Gasteiger partial charge in [0.15, 0.2) is 0 Å². The van der Waals surface area contributed by atoms with E-state index in [9.17, 15) is 63.1 Å². The number of halogens is 14. The van der Waals surface area contributed by atoms with Crippen molar-refractivity contribution in [1.82, 2.24) is 0 Å². The number of aliphatic hydroxyl groups is 4. The minimum atomic E-state index is -4.91. The highest BCUT2D eigenvalue weighted by Gasteiger charge is 2.43. The Kier molecular flexibility index (Phi) is 36.9. The number of ether oxygens (including phenoxy) is 9. The summed E-state index contributed by atoms with van der Waals surface area (Å²) in [6.07, 6.45) is -12.1. The lowest BCUT2D eigenvalue weighted by molar-refractivity contribution is -0.140. The van der Waals surface area contributed by atoms with Crippen LogP contribution in [0.5, 0.6) is 51.7 Å². The summed E-state index contributed by atoms with van der Waals surface area (Å²) in [7, 11) is 7.42. The molecule has 0 bridgehead atoms. The minimum absolute atomic E-state index is 0.0112. The lowest BCUT2D eigenvalue weighted by Crippen LogP contribution is -2.37. The number of benzene rings is 12. The molecule has 8 N–H and O–H groups in total. The third kappa shape index (κ3) is 27.6. The summed E-state index contributed by atoms with van der Waals surface area (Å²) in [5.41, 5.74) is 8.65. The first-order chi connectivity index (χ1) is 70.1. The van der Waals surface area contributed by atoms with Crippen molar-refractivity contribution >= 4 is 116 Å². The molecule has 0 aliphatic carbocycles. The number of hydrogen-bond donors (Lipinski definition) is 8. The zero-order chi connectivity index (χ0) is 106. The van der Waals surface area contributed by atoms with E-state index < -0.39 is 82.9 Å². The van der Waals surface area contributed by atoms with E-state index in [1.54, 1.807) is 160 Å². The van der Waals surface area contributed by atoms with Crippen LogP contribution in [0.25, 0.3) is 0 Å². The summed E-state index contributed by atoms with van der Waals surface area (Å²) in [6, 6.07) is 52.0. The molecule has 0 aromatic heterocycles. The normalized spacial score (nSPS) is 13.6. The van der Waals surface area contributed by atoms with E-state index in [0.717, 1.165) is 53.1 Å². The Hall–Kier alpha value is -13.8. The van der Waals surface area contributed by atoms with Crippen LogP contribution in [0.4, 0.5) is 89.4 Å². The van der Waals surface area contributed by atoms with Crippen LogP contribution in [0.15, 0.2) is 212 Å². The van der Waals surface area contributed by atoms with Gasteiger partial charge in [-0.2, -0.15) is 39.5 Å². The topological polar surface area (TPSA) is 293 Å². The third-order valence-electron chi connectivity index (χ3n) is 24.6. The first kappa shape index (κ1) is 110. The molecule has 4 unspecified atom stereocenters. The molecule has 778 valence electrons. The lowest BCUT2D eigenvalue weighted by atomic mass is 10.0. The zero-order valence-electron chi connectivity index (χ0n) is 81.0. The molecule has 39 heteroatoms. The molecule has 4 atom stereocenters. The molecule has 16 rings (SSSR count). The molecule has 0 saturated carbocycles. The fraction of sp³-hybridized carbons (Fsp3) is 0.296. The van der Waals surface area contributed by atoms with Gasteiger partial charge in [-0.25, -0.2) is 4.39 Å². The number of anilines is 8. The fourth-order valence-corrected chi connectivity index (χ4v) is 17.9. The minimum Gasteiger partial charge on any atom is -0.497 e. The van der Waals surface area contributed by atoms with Crippen molar-refractivity contribution in [3.8, 4) is 51.7 Å². The summed E-state index contributed by atoms with van der Waals surface area (Å²) in [5.74, 6) is 1.05. The number of amides is 4. The Labute approximate surface area is 861 Å². The Balaban J connectivity index is 0.000000164. The van der Waals surface area contributed by atoms with Crippen molar-refractivity contribution in [2.75, 3.05) is 155 Å². The van der Waals surface area contributed by atoms with E-state index in [1.165, 1.54) is 67.3 Å². The van der Waals surface area contributed by atoms with Crippen LogP contribution in [-0.4, -0.2) is 159 Å². The summed E-state index contributed by atoms with van der Waals surface area (Å²) in [6.45, 7) is 8.01. The first-order valence-electron chi connectivity index (χ1n) is 46.2. The highest BCUT2D eigenvalue weighted by Crippen LogP contribution is 2.47. The molecule has 4 heterocycles. The van der Waals surface area contributed by atoms with Gasteiger partial charge >= 0.3 is 18.5 Å². The largest absolute Gasteiger partial charge is 0.497 e. The quantitative estimate of drug-likeness (QED) is 0.0177. The van der Waals surface area contributed by atoms with Crippen LogP contribution in [-0.2, 0) is 63.4 Å². The summed E-state index contributed by atoms with van der Waals surface area (Å²) in [5, 5.41) is 51.2. The van der Waals surface area contributed by atoms with Crippen LogP contribution in [0.2, 0.25) is 20.1 Å². The molecule has 147 heavy (non-hydrogen) atoms. The molecular weight excluding hydrogens is 2010 g/mol. The smallest absolute Gasteiger partial charge is 0.419 e. The lowest BCUT2D eigenvalue weighted by Gasteiger charge is -2.28. The van der Waals surface area contributed by atoms with E-state index in [4.69, 9.17) is 109 Å². The summed E-state index contributed by atoms with van der Waals surface area (Å²) < 4.78 is 185. The Morgan fingerprint density at radius 1 is 0.327 bits per heavy atom. The molecule has 0 fully saturated rings. The van der Waals surface area contributed by atoms with Crippen LogP contribution in [0, 0.1) is 33.5 Å². The van der Waals surface area contributed by atoms with Gasteiger partial charge in [-0.05, 0) is 200 Å². The van der Waals surface area contributed by atoms with E-state index in [0.29, 0.717) is 153 Å². The van der Waals surface area contributed by atoms with E-state index >= 15 is 0 Å². The number of hydrogen-bond acceptors (Lipinski definition) is 21. The third-order valence-corrected chi connectivity index (χ3v) is 25.5. The molecule has 0 radical (unpaired) electrons. The highest BCUT2D eigenvalue weighted by atomic mass is 35.5. The number of methoxy groups -OCH3 is 5. The van der Waals surface area contributed by atoms with Gasteiger partial charge in [-0.15, -0.1) is 0 Å². The van der Waals surface area contributed by atoms with Gasteiger partial charge in [-0.3, -0.25) is 19.2 Å². The van der Waals surface area contributed by atoms with E-state index in [1.807, 2.05) is 23.1 Å². The van der Waals surface area contributed by atoms with Crippen molar-refractivity contribution in [3.05, 3.63) is 322 Å². The first-order valence-corrected chi connectivity index (χ1v) is 47.7. The SMILES string of the molecule is COc1cc(NC(C(=O)N2CCc3c(C)cc(C(F)(F)F)cc32)c2ccc(Cl)cc2)cc(OCCO)c1.COc1cc(NC(C(=O)N2CCc3cc(C)c(C(F)(F)F)cc32)c2ccc(Cl)cc2OC)cc(OCCO)c1.COc1cc(NC(C(=O)N2CCc3cc(C)c(C)cc32)c2ccc(Cl)cc2)cc(OCCO)c1.COc1cc(NC(C(=O)N2CCc3cc(F)c(C(F)(F)F)cc32)c2ccc(Cl)cc2)cc(OCCO)c1. The monoisotopic (exact) mass is 2120 g/mol. The molecule has 0 spiro atoms. The van der Waals surface area contributed by atoms with Crippen LogP contribution >= 0.6 is 46.4 Å². The van der Waals surface area contributed by atoms with Gasteiger partial charge in [0.1, 0.15) is 108 Å². The van der Waals surface area contributed by atoms with Crippen molar-refractivity contribution in [3.63, 3.8) is 0 Å². The fourth-order valence-electron chi connectivity index (χ4n) is 17.3. The molecule has 25 nitrogen and oxygen atoms in total. The number of alkyl halides is 9. The highest BCUT2D eigenvalue weighted by molar-refractivity contribution is 6.31. The van der Waals surface area contributed by atoms with Gasteiger partial charge < -0.3 is 104 Å². The van der Waals surface area contributed by atoms with Crippen LogP contribution < -0.4 is 83.5 Å². The molecule has 12 aromatic rings. The van der Waals surface area contributed by atoms with Crippen LogP contribution in [0.1, 0.15) is 108 Å². The Morgan fingerprint density at radius 2 is 0.639 bits per heavy atom. The molecule has 4 aliphatic rings. The Morgan fingerprint density at radius 3 is 0.993 bits per heavy atom. The van der Waals surface area contributed by atoms with Gasteiger partial charge in [0.2, 0.25) is 0 Å². The Bertz CT molecular complexity index is 6700. The maximum atomic E-state index is 14.1. The van der Waals surface area contributed by atoms with Crippen molar-refractivity contribution in [2.45, 2.75) is 96.1 Å². The molecule has 12 aromatic carbocycles. The summed E-state index contributed by atoms with van der Waals surface area (Å²) in [4.78, 5) is 61.6. The number of fused-ring (bicyclic) bond motifs is 4. The predicted molar refractivity (Wildman–Crippen MR) is 544 cm³/mol. The predicted octanol–water partition coefficient (Wildman–Crippen LogP) is 22.3. The second-order valence-electron chi connectivity index (χ2n) is 34.3. The molecule has 0 saturated heterocycles. The number of rotatable bonds is 33. The number of carbonyl (C=O) groups is 4. The van der Waals surface area contributed by atoms with E-state index in [2.05, 4.69) is 47.2 Å². The van der Waals surface area contributed by atoms with Crippen molar-refractivity contribution in [1.29, 1.82) is 0 Å². The second-order valence-corrected chi connectivity index (χ2v) is 36.0. The number of nitrogens with one attached hydrogen (secondary N) is 4. The molecular formula is C108H106Cl4F10N8O17. The van der Waals surface area contributed by atoms with Gasteiger partial charge in [0.25, 0.3) is 23.6 Å².